The molecule has 1 fully saturated rings. The summed E-state index contributed by atoms with van der Waals surface area (Å²) in [6.45, 7) is 1.65. The molecule has 108 valence electrons. The molecule has 1 aliphatic heterocycles. The van der Waals surface area contributed by atoms with Crippen LogP contribution in [0.2, 0.25) is 0 Å². The first-order valence-electron chi connectivity index (χ1n) is 6.00. The van der Waals surface area contributed by atoms with Crippen molar-refractivity contribution in [2.75, 3.05) is 13.1 Å². The van der Waals surface area contributed by atoms with Crippen LogP contribution in [0.5, 0.6) is 0 Å². The van der Waals surface area contributed by atoms with E-state index in [1.165, 1.54) is 18.2 Å². The Morgan fingerprint density at radius 2 is 2.00 bits per heavy atom. The molecule has 0 radical (unpaired) electrons. The Bertz CT molecular complexity index is 504. The summed E-state index contributed by atoms with van der Waals surface area (Å²) < 4.78 is 39.5. The Hall–Kier alpha value is -0.690. The van der Waals surface area contributed by atoms with Gasteiger partial charge < -0.3 is 5.32 Å². The Labute approximate surface area is 119 Å². The van der Waals surface area contributed by atoms with Gasteiger partial charge in [0, 0.05) is 6.04 Å². The Balaban J connectivity index is 0.00000180. The van der Waals surface area contributed by atoms with Gasteiger partial charge in [-0.2, -0.15) is 0 Å². The molecule has 0 atom stereocenters. The first-order valence-corrected chi connectivity index (χ1v) is 7.65. The number of nitrogens with one attached hydrogen (secondary N) is 2. The van der Waals surface area contributed by atoms with Crippen LogP contribution < -0.4 is 10.0 Å². The normalized spacial score (nSPS) is 16.9. The van der Waals surface area contributed by atoms with Crippen molar-refractivity contribution >= 4 is 22.4 Å². The third-order valence-corrected chi connectivity index (χ3v) is 4.34. The summed E-state index contributed by atoms with van der Waals surface area (Å²) in [5.41, 5.74) is 0.469. The number of benzene rings is 1. The van der Waals surface area contributed by atoms with Gasteiger partial charge in [-0.25, -0.2) is 17.5 Å². The van der Waals surface area contributed by atoms with Gasteiger partial charge in [-0.05, 0) is 43.6 Å². The molecule has 1 heterocycles. The fourth-order valence-corrected chi connectivity index (χ4v) is 3.53. The topological polar surface area (TPSA) is 58.2 Å². The van der Waals surface area contributed by atoms with Crippen LogP contribution in [0.3, 0.4) is 0 Å². The van der Waals surface area contributed by atoms with E-state index >= 15 is 0 Å². The average Bonchev–Trinajstić information content (AvgIpc) is 2.28. The Morgan fingerprint density at radius 1 is 1.32 bits per heavy atom. The fourth-order valence-electron chi connectivity index (χ4n) is 2.08. The molecule has 4 nitrogen and oxygen atoms in total. The summed E-state index contributed by atoms with van der Waals surface area (Å²) in [5.74, 6) is -0.584. The number of rotatable bonds is 4. The highest BCUT2D eigenvalue weighted by Crippen LogP contribution is 2.10. The molecule has 0 unspecified atom stereocenters. The lowest BCUT2D eigenvalue weighted by atomic mass is 10.1. The van der Waals surface area contributed by atoms with Crippen molar-refractivity contribution in [3.05, 3.63) is 35.6 Å². The number of sulfonamides is 1. The SMILES string of the molecule is Cl.O=S(=O)(Cc1cccc(F)c1)NC1CCNCC1. The van der Waals surface area contributed by atoms with E-state index in [4.69, 9.17) is 0 Å². The highest BCUT2D eigenvalue weighted by molar-refractivity contribution is 7.88. The van der Waals surface area contributed by atoms with Gasteiger partial charge in [0.2, 0.25) is 10.0 Å². The van der Waals surface area contributed by atoms with Crippen LogP contribution in [-0.4, -0.2) is 27.5 Å². The first kappa shape index (κ1) is 16.4. The third kappa shape index (κ3) is 5.44. The second kappa shape index (κ2) is 7.19. The Morgan fingerprint density at radius 3 is 2.63 bits per heavy atom. The highest BCUT2D eigenvalue weighted by atomic mass is 35.5. The zero-order valence-corrected chi connectivity index (χ0v) is 12.1. The predicted molar refractivity (Wildman–Crippen MR) is 75.3 cm³/mol. The summed E-state index contributed by atoms with van der Waals surface area (Å²) >= 11 is 0. The molecule has 1 saturated heterocycles. The van der Waals surface area contributed by atoms with Crippen LogP contribution in [0.25, 0.3) is 0 Å². The molecule has 1 aromatic carbocycles. The van der Waals surface area contributed by atoms with Gasteiger partial charge in [-0.1, -0.05) is 12.1 Å². The van der Waals surface area contributed by atoms with Crippen molar-refractivity contribution in [1.82, 2.24) is 10.0 Å². The second-order valence-corrected chi connectivity index (χ2v) is 6.29. The van der Waals surface area contributed by atoms with Crippen molar-refractivity contribution in [2.24, 2.45) is 0 Å². The van der Waals surface area contributed by atoms with E-state index in [0.29, 0.717) is 5.56 Å². The van der Waals surface area contributed by atoms with Crippen molar-refractivity contribution in [2.45, 2.75) is 24.6 Å². The summed E-state index contributed by atoms with van der Waals surface area (Å²) in [4.78, 5) is 0. The van der Waals surface area contributed by atoms with Gasteiger partial charge in [0.1, 0.15) is 5.82 Å². The molecule has 0 aliphatic carbocycles. The van der Waals surface area contributed by atoms with Gasteiger partial charge in [-0.15, -0.1) is 12.4 Å². The monoisotopic (exact) mass is 308 g/mol. The molecule has 2 rings (SSSR count). The minimum absolute atomic E-state index is 0. The zero-order valence-electron chi connectivity index (χ0n) is 10.4. The Kier molecular flexibility index (Phi) is 6.19. The molecule has 1 aromatic rings. The molecule has 0 spiro atoms. The summed E-state index contributed by atoms with van der Waals surface area (Å²) in [6, 6.07) is 5.68. The lowest BCUT2D eigenvalue weighted by Crippen LogP contribution is -2.43. The van der Waals surface area contributed by atoms with Gasteiger partial charge in [-0.3, -0.25) is 0 Å². The smallest absolute Gasteiger partial charge is 0.216 e. The van der Waals surface area contributed by atoms with E-state index in [-0.39, 0.29) is 24.2 Å². The van der Waals surface area contributed by atoms with E-state index < -0.39 is 15.8 Å². The minimum atomic E-state index is -3.40. The average molecular weight is 309 g/mol. The minimum Gasteiger partial charge on any atom is -0.317 e. The van der Waals surface area contributed by atoms with Crippen molar-refractivity contribution < 1.29 is 12.8 Å². The third-order valence-electron chi connectivity index (χ3n) is 2.93. The largest absolute Gasteiger partial charge is 0.317 e. The van der Waals surface area contributed by atoms with E-state index in [0.717, 1.165) is 25.9 Å². The quantitative estimate of drug-likeness (QED) is 0.884. The van der Waals surface area contributed by atoms with Gasteiger partial charge in [0.05, 0.1) is 5.75 Å². The maximum absolute atomic E-state index is 13.0. The molecule has 1 aliphatic rings. The van der Waals surface area contributed by atoms with Gasteiger partial charge >= 0.3 is 0 Å². The zero-order chi connectivity index (χ0) is 13.0. The molecule has 0 bridgehead atoms. The summed E-state index contributed by atoms with van der Waals surface area (Å²) in [6.07, 6.45) is 1.59. The van der Waals surface area contributed by atoms with Crippen molar-refractivity contribution in [3.8, 4) is 0 Å². The van der Waals surface area contributed by atoms with Gasteiger partial charge in [0.25, 0.3) is 0 Å². The van der Waals surface area contributed by atoms with Crippen LogP contribution in [0.15, 0.2) is 24.3 Å². The van der Waals surface area contributed by atoms with Gasteiger partial charge in [0.15, 0.2) is 0 Å². The summed E-state index contributed by atoms with van der Waals surface area (Å²) in [7, 11) is -3.40. The van der Waals surface area contributed by atoms with Crippen molar-refractivity contribution in [1.29, 1.82) is 0 Å². The number of hydrogen-bond acceptors (Lipinski definition) is 3. The van der Waals surface area contributed by atoms with E-state index in [9.17, 15) is 12.8 Å². The van der Waals surface area contributed by atoms with E-state index in [1.807, 2.05) is 0 Å². The number of piperidine rings is 1. The van der Waals surface area contributed by atoms with Crippen LogP contribution in [-0.2, 0) is 15.8 Å². The standard InChI is InChI=1S/C12H17FN2O2S.ClH/c13-11-3-1-2-10(8-11)9-18(16,17)15-12-4-6-14-7-5-12;/h1-3,8,12,14-15H,4-7,9H2;1H. The maximum Gasteiger partial charge on any atom is 0.216 e. The molecule has 7 heteroatoms. The fraction of sp³-hybridized carbons (Fsp3) is 0.500. The number of halogens is 2. The van der Waals surface area contributed by atoms with Crippen LogP contribution in [0, 0.1) is 5.82 Å². The molecule has 2 N–H and O–H groups in total. The molecule has 0 aromatic heterocycles. The molecule has 0 saturated carbocycles. The number of hydrogen-bond donors (Lipinski definition) is 2. The first-order chi connectivity index (χ1) is 8.55. The van der Waals surface area contributed by atoms with E-state index in [2.05, 4.69) is 10.0 Å². The highest BCUT2D eigenvalue weighted by Gasteiger charge is 2.20. The molecular formula is C12H18ClFN2O2S. The van der Waals surface area contributed by atoms with Crippen LogP contribution >= 0.6 is 12.4 Å². The van der Waals surface area contributed by atoms with Crippen molar-refractivity contribution in [3.63, 3.8) is 0 Å². The molecule has 19 heavy (non-hydrogen) atoms. The van der Waals surface area contributed by atoms with E-state index in [1.54, 1.807) is 6.07 Å². The molecule has 0 amide bonds. The lowest BCUT2D eigenvalue weighted by molar-refractivity contribution is 0.427. The molecular weight excluding hydrogens is 291 g/mol. The van der Waals surface area contributed by atoms with Crippen LogP contribution in [0.1, 0.15) is 18.4 Å². The maximum atomic E-state index is 13.0. The predicted octanol–water partition coefficient (Wildman–Crippen LogP) is 1.42. The summed E-state index contributed by atoms with van der Waals surface area (Å²) in [5, 5.41) is 3.17. The van der Waals surface area contributed by atoms with Crippen LogP contribution in [0.4, 0.5) is 4.39 Å². The second-order valence-electron chi connectivity index (χ2n) is 4.53. The lowest BCUT2D eigenvalue weighted by Gasteiger charge is -2.23.